The summed E-state index contributed by atoms with van der Waals surface area (Å²) in [5.74, 6) is 0.916. The molecule has 1 saturated heterocycles. The van der Waals surface area contributed by atoms with E-state index < -0.39 is 0 Å². The molecule has 2 aromatic rings. The Morgan fingerprint density at radius 3 is 2.41 bits per heavy atom. The second-order valence-corrected chi connectivity index (χ2v) is 7.88. The maximum absolute atomic E-state index is 12.7. The van der Waals surface area contributed by atoms with Crippen molar-refractivity contribution in [2.75, 3.05) is 33.3 Å². The van der Waals surface area contributed by atoms with Crippen LogP contribution >= 0.6 is 11.6 Å². The average molecular weight is 415 g/mol. The highest BCUT2D eigenvalue weighted by molar-refractivity contribution is 6.30. The van der Waals surface area contributed by atoms with Crippen LogP contribution in [-0.4, -0.2) is 54.9 Å². The van der Waals surface area contributed by atoms with Gasteiger partial charge in [0.05, 0.1) is 6.54 Å². The van der Waals surface area contributed by atoms with Gasteiger partial charge < -0.3 is 14.5 Å². The van der Waals surface area contributed by atoms with Gasteiger partial charge in [0.15, 0.2) is 0 Å². The second-order valence-electron chi connectivity index (χ2n) is 7.45. The predicted octanol–water partition coefficient (Wildman–Crippen LogP) is 4.04. The number of para-hydroxylation sites is 1. The standard InChI is InChI=1S/C23H27ClN2O3/c1-17-5-3-4-6-21(17)29-16-15-25(2)22(27)19-11-13-26(14-12-19)23(28)18-7-9-20(24)10-8-18/h3-10,19H,11-16H2,1-2H3. The molecule has 5 nitrogen and oxygen atoms in total. The Hall–Kier alpha value is -2.53. The van der Waals surface area contributed by atoms with Gasteiger partial charge in [-0.1, -0.05) is 29.8 Å². The Morgan fingerprint density at radius 2 is 1.76 bits per heavy atom. The molecule has 0 radical (unpaired) electrons. The van der Waals surface area contributed by atoms with Crippen LogP contribution in [0.5, 0.6) is 5.75 Å². The molecule has 0 bridgehead atoms. The molecule has 0 saturated carbocycles. The third kappa shape index (κ3) is 5.51. The lowest BCUT2D eigenvalue weighted by Gasteiger charge is -2.33. The van der Waals surface area contributed by atoms with Crippen molar-refractivity contribution in [3.05, 3.63) is 64.7 Å². The number of ether oxygens (including phenoxy) is 1. The molecule has 3 rings (SSSR count). The van der Waals surface area contributed by atoms with Gasteiger partial charge in [-0.3, -0.25) is 9.59 Å². The smallest absolute Gasteiger partial charge is 0.253 e. The largest absolute Gasteiger partial charge is 0.491 e. The van der Waals surface area contributed by atoms with Gasteiger partial charge in [0, 0.05) is 36.6 Å². The molecular weight excluding hydrogens is 388 g/mol. The van der Waals surface area contributed by atoms with Gasteiger partial charge in [-0.25, -0.2) is 0 Å². The zero-order valence-corrected chi connectivity index (χ0v) is 17.7. The van der Waals surface area contributed by atoms with Crippen LogP contribution in [0.4, 0.5) is 0 Å². The minimum atomic E-state index is -0.0484. The molecule has 0 N–H and O–H groups in total. The second kappa shape index (κ2) is 9.79. The molecule has 0 aliphatic carbocycles. The molecule has 29 heavy (non-hydrogen) atoms. The summed E-state index contributed by atoms with van der Waals surface area (Å²) >= 11 is 5.89. The van der Waals surface area contributed by atoms with Gasteiger partial charge in [0.25, 0.3) is 5.91 Å². The number of rotatable bonds is 6. The monoisotopic (exact) mass is 414 g/mol. The summed E-state index contributed by atoms with van der Waals surface area (Å²) in [7, 11) is 1.81. The topological polar surface area (TPSA) is 49.9 Å². The number of piperidine rings is 1. The Balaban J connectivity index is 1.44. The van der Waals surface area contributed by atoms with E-state index in [1.165, 1.54) is 0 Å². The van der Waals surface area contributed by atoms with Crippen molar-refractivity contribution in [2.24, 2.45) is 5.92 Å². The van der Waals surface area contributed by atoms with Crippen molar-refractivity contribution in [1.82, 2.24) is 9.80 Å². The van der Waals surface area contributed by atoms with Crippen molar-refractivity contribution in [2.45, 2.75) is 19.8 Å². The average Bonchev–Trinajstić information content (AvgIpc) is 2.74. The molecule has 6 heteroatoms. The lowest BCUT2D eigenvalue weighted by Crippen LogP contribution is -2.44. The number of hydrogen-bond donors (Lipinski definition) is 0. The van der Waals surface area contributed by atoms with E-state index in [1.807, 2.05) is 43.1 Å². The molecular formula is C23H27ClN2O3. The first kappa shape index (κ1) is 21.2. The van der Waals surface area contributed by atoms with Crippen LogP contribution in [0.1, 0.15) is 28.8 Å². The van der Waals surface area contributed by atoms with Crippen molar-refractivity contribution in [1.29, 1.82) is 0 Å². The Bertz CT molecular complexity index is 845. The van der Waals surface area contributed by atoms with Crippen LogP contribution in [0.2, 0.25) is 5.02 Å². The van der Waals surface area contributed by atoms with Gasteiger partial charge in [-0.15, -0.1) is 0 Å². The predicted molar refractivity (Wildman–Crippen MR) is 114 cm³/mol. The normalized spacial score (nSPS) is 14.5. The van der Waals surface area contributed by atoms with Gasteiger partial charge in [0.2, 0.25) is 5.91 Å². The number of halogens is 1. The number of hydrogen-bond acceptors (Lipinski definition) is 3. The van der Waals surface area contributed by atoms with E-state index in [1.54, 1.807) is 29.2 Å². The molecule has 1 aliphatic heterocycles. The van der Waals surface area contributed by atoms with Crippen LogP contribution in [0, 0.1) is 12.8 Å². The van der Waals surface area contributed by atoms with E-state index in [0.717, 1.165) is 11.3 Å². The number of likely N-dealkylation sites (tertiary alicyclic amines) is 1. The minimum absolute atomic E-state index is 0.00690. The molecule has 2 aromatic carbocycles. The number of likely N-dealkylation sites (N-methyl/N-ethyl adjacent to an activating group) is 1. The molecule has 154 valence electrons. The van der Waals surface area contributed by atoms with Gasteiger partial charge >= 0.3 is 0 Å². The van der Waals surface area contributed by atoms with E-state index >= 15 is 0 Å². The molecule has 1 fully saturated rings. The summed E-state index contributed by atoms with van der Waals surface area (Å²) in [6.45, 7) is 4.18. The molecule has 0 unspecified atom stereocenters. The van der Waals surface area contributed by atoms with E-state index in [2.05, 4.69) is 0 Å². The molecule has 0 spiro atoms. The maximum atomic E-state index is 12.7. The Labute approximate surface area is 177 Å². The van der Waals surface area contributed by atoms with Gasteiger partial charge in [-0.2, -0.15) is 0 Å². The van der Waals surface area contributed by atoms with Crippen molar-refractivity contribution in [3.8, 4) is 5.75 Å². The van der Waals surface area contributed by atoms with Crippen molar-refractivity contribution < 1.29 is 14.3 Å². The lowest BCUT2D eigenvalue weighted by molar-refractivity contribution is -0.135. The van der Waals surface area contributed by atoms with Crippen molar-refractivity contribution in [3.63, 3.8) is 0 Å². The summed E-state index contributed by atoms with van der Waals surface area (Å²) in [6.07, 6.45) is 1.36. The van der Waals surface area contributed by atoms with E-state index in [4.69, 9.17) is 16.3 Å². The van der Waals surface area contributed by atoms with Crippen LogP contribution in [0.15, 0.2) is 48.5 Å². The summed E-state index contributed by atoms with van der Waals surface area (Å²) in [5, 5.41) is 0.611. The number of amides is 2. The highest BCUT2D eigenvalue weighted by atomic mass is 35.5. The third-order valence-corrected chi connectivity index (χ3v) is 5.63. The fourth-order valence-electron chi connectivity index (χ4n) is 3.54. The summed E-state index contributed by atoms with van der Waals surface area (Å²) in [6, 6.07) is 14.8. The first-order chi connectivity index (χ1) is 14.0. The van der Waals surface area contributed by atoms with Crippen LogP contribution in [0.3, 0.4) is 0 Å². The molecule has 1 heterocycles. The van der Waals surface area contributed by atoms with Gasteiger partial charge in [0.1, 0.15) is 12.4 Å². The number of nitrogens with zero attached hydrogens (tertiary/aromatic N) is 2. The first-order valence-electron chi connectivity index (χ1n) is 9.94. The number of carbonyl (C=O) groups is 2. The Morgan fingerprint density at radius 1 is 1.10 bits per heavy atom. The van der Waals surface area contributed by atoms with Crippen LogP contribution < -0.4 is 4.74 Å². The summed E-state index contributed by atoms with van der Waals surface area (Å²) in [5.41, 5.74) is 1.71. The van der Waals surface area contributed by atoms with Crippen molar-refractivity contribution >= 4 is 23.4 Å². The highest BCUT2D eigenvalue weighted by Gasteiger charge is 2.29. The number of aryl methyl sites for hydroxylation is 1. The first-order valence-corrected chi connectivity index (χ1v) is 10.3. The summed E-state index contributed by atoms with van der Waals surface area (Å²) < 4.78 is 5.79. The van der Waals surface area contributed by atoms with Gasteiger partial charge in [-0.05, 0) is 55.7 Å². The van der Waals surface area contributed by atoms with E-state index in [-0.39, 0.29) is 17.7 Å². The molecule has 0 atom stereocenters. The molecule has 2 amide bonds. The fraction of sp³-hybridized carbons (Fsp3) is 0.391. The fourth-order valence-corrected chi connectivity index (χ4v) is 3.66. The van der Waals surface area contributed by atoms with E-state index in [9.17, 15) is 9.59 Å². The number of carbonyl (C=O) groups excluding carboxylic acids is 2. The minimum Gasteiger partial charge on any atom is -0.491 e. The van der Waals surface area contributed by atoms with E-state index in [0.29, 0.717) is 49.7 Å². The Kier molecular flexibility index (Phi) is 7.15. The molecule has 1 aliphatic rings. The lowest BCUT2D eigenvalue weighted by atomic mass is 9.95. The SMILES string of the molecule is Cc1ccccc1OCCN(C)C(=O)C1CCN(C(=O)c2ccc(Cl)cc2)CC1. The maximum Gasteiger partial charge on any atom is 0.253 e. The summed E-state index contributed by atoms with van der Waals surface area (Å²) in [4.78, 5) is 28.9. The zero-order chi connectivity index (χ0) is 20.8. The quantitative estimate of drug-likeness (QED) is 0.716. The highest BCUT2D eigenvalue weighted by Crippen LogP contribution is 2.22. The third-order valence-electron chi connectivity index (χ3n) is 5.38. The molecule has 0 aromatic heterocycles. The number of benzene rings is 2. The van der Waals surface area contributed by atoms with Crippen LogP contribution in [0.25, 0.3) is 0 Å². The zero-order valence-electron chi connectivity index (χ0n) is 16.9. The van der Waals surface area contributed by atoms with Crippen LogP contribution in [-0.2, 0) is 4.79 Å².